The number of hydrogen-bond acceptors (Lipinski definition) is 4. The van der Waals surface area contributed by atoms with Crippen LogP contribution in [0.1, 0.15) is 28.3 Å². The number of halogens is 3. The van der Waals surface area contributed by atoms with Crippen LogP contribution in [-0.2, 0) is 6.54 Å². The lowest BCUT2D eigenvalue weighted by molar-refractivity contribution is -0.274. The molecule has 0 aromatic heterocycles. The van der Waals surface area contributed by atoms with Gasteiger partial charge in [0.15, 0.2) is 0 Å². The summed E-state index contributed by atoms with van der Waals surface area (Å²) in [6.45, 7) is 6.23. The summed E-state index contributed by atoms with van der Waals surface area (Å²) in [5.74, 6) is 0.140. The summed E-state index contributed by atoms with van der Waals surface area (Å²) in [4.78, 5) is 0. The largest absolute Gasteiger partial charge is 0.573 e. The van der Waals surface area contributed by atoms with Crippen LogP contribution in [-0.4, -0.2) is 19.5 Å². The number of aryl methyl sites for hydroxylation is 2. The Bertz CT molecular complexity index is 779. The van der Waals surface area contributed by atoms with Crippen molar-refractivity contribution < 1.29 is 17.9 Å². The van der Waals surface area contributed by atoms with Gasteiger partial charge in [-0.05, 0) is 48.2 Å². The summed E-state index contributed by atoms with van der Waals surface area (Å²) in [5.41, 5.74) is 11.0. The Hall–Kier alpha value is -2.09. The van der Waals surface area contributed by atoms with E-state index in [4.69, 9.17) is 0 Å². The Morgan fingerprint density at radius 1 is 1.11 bits per heavy atom. The maximum atomic E-state index is 12.3. The summed E-state index contributed by atoms with van der Waals surface area (Å²) in [5, 5.41) is 3.34. The SMILES string of the molecule is Cc1ccc(C2NNCC2CNCc2cccc(OC(F)(F)F)c2)cc1C. The van der Waals surface area contributed by atoms with Crippen LogP contribution in [0.2, 0.25) is 0 Å². The third-order valence-electron chi connectivity index (χ3n) is 4.85. The van der Waals surface area contributed by atoms with E-state index in [9.17, 15) is 13.2 Å². The van der Waals surface area contributed by atoms with E-state index in [0.29, 0.717) is 12.5 Å². The maximum Gasteiger partial charge on any atom is 0.573 e. The number of hydrazine groups is 1. The topological polar surface area (TPSA) is 45.3 Å². The van der Waals surface area contributed by atoms with Gasteiger partial charge in [0, 0.05) is 25.6 Å². The van der Waals surface area contributed by atoms with Crippen molar-refractivity contribution in [1.82, 2.24) is 16.2 Å². The van der Waals surface area contributed by atoms with Crippen LogP contribution in [0.25, 0.3) is 0 Å². The molecule has 0 radical (unpaired) electrons. The van der Waals surface area contributed by atoms with E-state index in [0.717, 1.165) is 18.7 Å². The highest BCUT2D eigenvalue weighted by Crippen LogP contribution is 2.26. The predicted molar refractivity (Wildman–Crippen MR) is 98.1 cm³/mol. The number of alkyl halides is 3. The zero-order valence-electron chi connectivity index (χ0n) is 15.4. The third kappa shape index (κ3) is 5.45. The molecule has 0 aliphatic carbocycles. The van der Waals surface area contributed by atoms with E-state index in [-0.39, 0.29) is 11.8 Å². The van der Waals surface area contributed by atoms with Crippen molar-refractivity contribution in [3.05, 3.63) is 64.7 Å². The van der Waals surface area contributed by atoms with Gasteiger partial charge in [-0.15, -0.1) is 13.2 Å². The van der Waals surface area contributed by atoms with Gasteiger partial charge in [0.05, 0.1) is 6.04 Å². The first kappa shape index (κ1) is 19.7. The lowest BCUT2D eigenvalue weighted by Gasteiger charge is -2.20. The van der Waals surface area contributed by atoms with Crippen LogP contribution < -0.4 is 20.9 Å². The molecule has 1 heterocycles. The molecule has 3 rings (SSSR count). The molecule has 0 bridgehead atoms. The normalized spacial score (nSPS) is 20.0. The number of nitrogens with one attached hydrogen (secondary N) is 3. The molecular weight excluding hydrogens is 355 g/mol. The maximum absolute atomic E-state index is 12.3. The molecule has 27 heavy (non-hydrogen) atoms. The molecule has 146 valence electrons. The minimum absolute atomic E-state index is 0.191. The number of benzene rings is 2. The van der Waals surface area contributed by atoms with Gasteiger partial charge in [0.2, 0.25) is 0 Å². The van der Waals surface area contributed by atoms with E-state index < -0.39 is 6.36 Å². The molecule has 3 N–H and O–H groups in total. The second kappa shape index (κ2) is 8.29. The Labute approximate surface area is 157 Å². The molecule has 2 atom stereocenters. The summed E-state index contributed by atoms with van der Waals surface area (Å²) in [6.07, 6.45) is -4.67. The first-order chi connectivity index (χ1) is 12.8. The molecule has 7 heteroatoms. The van der Waals surface area contributed by atoms with Crippen molar-refractivity contribution in [1.29, 1.82) is 0 Å². The molecule has 0 amide bonds. The standard InChI is InChI=1S/C20H24F3N3O/c1-13-6-7-16(8-14(13)2)19-17(12-25-26-19)11-24-10-15-4-3-5-18(9-15)27-20(21,22)23/h3-9,17,19,24-26H,10-12H2,1-2H3. The molecule has 2 unspecified atom stereocenters. The molecule has 1 saturated heterocycles. The second-order valence-corrected chi connectivity index (χ2v) is 6.93. The number of ether oxygens (including phenoxy) is 1. The quantitative estimate of drug-likeness (QED) is 0.715. The number of hydrogen-bond donors (Lipinski definition) is 3. The zero-order valence-corrected chi connectivity index (χ0v) is 15.4. The fourth-order valence-electron chi connectivity index (χ4n) is 3.29. The van der Waals surface area contributed by atoms with Crippen LogP contribution in [0.15, 0.2) is 42.5 Å². The lowest BCUT2D eigenvalue weighted by atomic mass is 9.92. The molecule has 2 aromatic carbocycles. The van der Waals surface area contributed by atoms with Crippen molar-refractivity contribution in [2.45, 2.75) is 32.8 Å². The first-order valence-electron chi connectivity index (χ1n) is 8.93. The van der Waals surface area contributed by atoms with E-state index in [1.165, 1.54) is 28.8 Å². The molecule has 4 nitrogen and oxygen atoms in total. The Morgan fingerprint density at radius 3 is 2.67 bits per heavy atom. The highest BCUT2D eigenvalue weighted by atomic mass is 19.4. The highest BCUT2D eigenvalue weighted by molar-refractivity contribution is 5.32. The molecule has 1 aliphatic heterocycles. The summed E-state index contributed by atoms with van der Waals surface area (Å²) in [7, 11) is 0. The lowest BCUT2D eigenvalue weighted by Crippen LogP contribution is -2.28. The van der Waals surface area contributed by atoms with Crippen LogP contribution in [0.3, 0.4) is 0 Å². The van der Waals surface area contributed by atoms with Crippen LogP contribution in [0.5, 0.6) is 5.75 Å². The van der Waals surface area contributed by atoms with Gasteiger partial charge in [-0.25, -0.2) is 5.43 Å². The monoisotopic (exact) mass is 379 g/mol. The average Bonchev–Trinajstić information content (AvgIpc) is 3.05. The van der Waals surface area contributed by atoms with Crippen molar-refractivity contribution >= 4 is 0 Å². The molecule has 0 spiro atoms. The first-order valence-corrected chi connectivity index (χ1v) is 8.93. The Kier molecular flexibility index (Phi) is 6.04. The molecular formula is C20H24F3N3O. The fourth-order valence-corrected chi connectivity index (χ4v) is 3.29. The van der Waals surface area contributed by atoms with E-state index in [1.54, 1.807) is 12.1 Å². The Balaban J connectivity index is 1.56. The molecule has 0 saturated carbocycles. The van der Waals surface area contributed by atoms with Gasteiger partial charge >= 0.3 is 6.36 Å². The zero-order chi connectivity index (χ0) is 19.4. The van der Waals surface area contributed by atoms with Crippen molar-refractivity contribution in [3.8, 4) is 5.75 Å². The third-order valence-corrected chi connectivity index (χ3v) is 4.85. The Morgan fingerprint density at radius 2 is 1.93 bits per heavy atom. The molecule has 2 aromatic rings. The van der Waals surface area contributed by atoms with Crippen molar-refractivity contribution in [2.75, 3.05) is 13.1 Å². The van der Waals surface area contributed by atoms with Gasteiger partial charge in [0.25, 0.3) is 0 Å². The van der Waals surface area contributed by atoms with Crippen LogP contribution in [0.4, 0.5) is 13.2 Å². The summed E-state index contributed by atoms with van der Waals surface area (Å²) >= 11 is 0. The summed E-state index contributed by atoms with van der Waals surface area (Å²) < 4.78 is 41.0. The van der Waals surface area contributed by atoms with Crippen LogP contribution >= 0.6 is 0 Å². The minimum Gasteiger partial charge on any atom is -0.406 e. The van der Waals surface area contributed by atoms with Gasteiger partial charge in [0.1, 0.15) is 5.75 Å². The van der Waals surface area contributed by atoms with Crippen molar-refractivity contribution in [2.24, 2.45) is 5.92 Å². The predicted octanol–water partition coefficient (Wildman–Crippen LogP) is 3.76. The molecule has 1 fully saturated rings. The van der Waals surface area contributed by atoms with Gasteiger partial charge < -0.3 is 10.1 Å². The molecule has 1 aliphatic rings. The van der Waals surface area contributed by atoms with Crippen molar-refractivity contribution in [3.63, 3.8) is 0 Å². The van der Waals surface area contributed by atoms with E-state index in [2.05, 4.69) is 53.0 Å². The smallest absolute Gasteiger partial charge is 0.406 e. The average molecular weight is 379 g/mol. The summed E-state index contributed by atoms with van der Waals surface area (Å²) in [6, 6.07) is 12.7. The highest BCUT2D eigenvalue weighted by Gasteiger charge is 2.31. The minimum atomic E-state index is -4.67. The van der Waals surface area contributed by atoms with Gasteiger partial charge in [-0.1, -0.05) is 30.3 Å². The number of rotatable bonds is 6. The van der Waals surface area contributed by atoms with E-state index in [1.807, 2.05) is 0 Å². The second-order valence-electron chi connectivity index (χ2n) is 6.93. The van der Waals surface area contributed by atoms with Crippen LogP contribution in [0, 0.1) is 19.8 Å². The van der Waals surface area contributed by atoms with Gasteiger partial charge in [-0.3, -0.25) is 5.43 Å². The fraction of sp³-hybridized carbons (Fsp3) is 0.400. The van der Waals surface area contributed by atoms with E-state index >= 15 is 0 Å². The van der Waals surface area contributed by atoms with Gasteiger partial charge in [-0.2, -0.15) is 0 Å².